The summed E-state index contributed by atoms with van der Waals surface area (Å²) in [5.74, 6) is 0.304. The summed E-state index contributed by atoms with van der Waals surface area (Å²) in [6, 6.07) is 9.89. The van der Waals surface area contributed by atoms with E-state index in [1.54, 1.807) is 0 Å². The third-order valence-corrected chi connectivity index (χ3v) is 2.25. The molecule has 0 fully saturated rings. The average Bonchev–Trinajstić information content (AvgIpc) is 2.18. The molecule has 13 heavy (non-hydrogen) atoms. The highest BCUT2D eigenvalue weighted by Crippen LogP contribution is 2.24. The van der Waals surface area contributed by atoms with Gasteiger partial charge < -0.3 is 0 Å². The molecule has 0 unspecified atom stereocenters. The van der Waals surface area contributed by atoms with Crippen LogP contribution in [0.5, 0.6) is 0 Å². The quantitative estimate of drug-likeness (QED) is 0.528. The molecule has 1 aromatic rings. The van der Waals surface area contributed by atoms with Crippen molar-refractivity contribution in [1.29, 1.82) is 5.41 Å². The van der Waals surface area contributed by atoms with Gasteiger partial charge >= 0.3 is 0 Å². The summed E-state index contributed by atoms with van der Waals surface area (Å²) >= 11 is 0. The lowest BCUT2D eigenvalue weighted by Gasteiger charge is -2.22. The Labute approximate surface area is 78.8 Å². The largest absolute Gasteiger partial charge is 0.286 e. The second kappa shape index (κ2) is 3.52. The van der Waals surface area contributed by atoms with E-state index < -0.39 is 0 Å². The van der Waals surface area contributed by atoms with Crippen LogP contribution in [-0.4, -0.2) is 12.6 Å². The first-order valence-electron chi connectivity index (χ1n) is 4.20. The van der Waals surface area contributed by atoms with Gasteiger partial charge in [0.05, 0.1) is 0 Å². The molecule has 0 atom stereocenters. The maximum atomic E-state index is 7.65. The van der Waals surface area contributed by atoms with Gasteiger partial charge in [-0.1, -0.05) is 30.3 Å². The summed E-state index contributed by atoms with van der Waals surface area (Å²) in [6.45, 7) is 7.32. The first-order chi connectivity index (χ1) is 6.09. The van der Waals surface area contributed by atoms with E-state index in [1.807, 2.05) is 44.2 Å². The number of hydrogen-bond donors (Lipinski definition) is 1. The third kappa shape index (κ3) is 1.83. The second-order valence-electron chi connectivity index (χ2n) is 3.50. The first-order valence-corrected chi connectivity index (χ1v) is 4.20. The molecule has 0 aliphatic rings. The lowest BCUT2D eigenvalue weighted by Crippen LogP contribution is -2.26. The summed E-state index contributed by atoms with van der Waals surface area (Å²) in [6.07, 6.45) is 0. The second-order valence-corrected chi connectivity index (χ2v) is 3.50. The molecule has 0 bridgehead atoms. The minimum atomic E-state index is -0.344. The van der Waals surface area contributed by atoms with E-state index in [0.29, 0.717) is 5.84 Å². The maximum Gasteiger partial charge on any atom is 0.129 e. The molecule has 1 rings (SSSR count). The zero-order chi connectivity index (χ0) is 9.90. The molecule has 0 saturated carbocycles. The molecule has 0 aromatic heterocycles. The van der Waals surface area contributed by atoms with Gasteiger partial charge in [-0.2, -0.15) is 0 Å². The number of amidine groups is 1. The van der Waals surface area contributed by atoms with Crippen molar-refractivity contribution < 1.29 is 0 Å². The highest BCUT2D eigenvalue weighted by molar-refractivity contribution is 5.92. The number of nitrogens with one attached hydrogen (secondary N) is 1. The molecule has 0 spiro atoms. The molecule has 0 saturated heterocycles. The number of benzene rings is 1. The fourth-order valence-electron chi connectivity index (χ4n) is 1.19. The first kappa shape index (κ1) is 9.65. The van der Waals surface area contributed by atoms with Crippen LogP contribution in [-0.2, 0) is 5.41 Å². The third-order valence-electron chi connectivity index (χ3n) is 2.25. The fraction of sp³-hybridized carbons (Fsp3) is 0.273. The summed E-state index contributed by atoms with van der Waals surface area (Å²) in [5.41, 5.74) is 0.746. The van der Waals surface area contributed by atoms with Crippen molar-refractivity contribution in [3.8, 4) is 0 Å². The SMILES string of the molecule is C=NC(=N)C(C)(C)c1ccccc1. The topological polar surface area (TPSA) is 36.2 Å². The van der Waals surface area contributed by atoms with Gasteiger partial charge in [-0.25, -0.2) is 4.99 Å². The van der Waals surface area contributed by atoms with Crippen LogP contribution < -0.4 is 0 Å². The Hall–Kier alpha value is -1.44. The Bertz CT molecular complexity index is 312. The fourth-order valence-corrected chi connectivity index (χ4v) is 1.19. The van der Waals surface area contributed by atoms with Gasteiger partial charge in [0.2, 0.25) is 0 Å². The van der Waals surface area contributed by atoms with Crippen molar-refractivity contribution in [3.05, 3.63) is 35.9 Å². The molecule has 0 aliphatic heterocycles. The van der Waals surface area contributed by atoms with Crippen LogP contribution in [0.2, 0.25) is 0 Å². The normalized spacial score (nSPS) is 10.9. The number of aliphatic imine (C=N–C) groups is 1. The van der Waals surface area contributed by atoms with E-state index >= 15 is 0 Å². The lowest BCUT2D eigenvalue weighted by molar-refractivity contribution is 0.705. The van der Waals surface area contributed by atoms with E-state index in [0.717, 1.165) is 5.56 Å². The summed E-state index contributed by atoms with van der Waals surface area (Å²) in [7, 11) is 0. The molecule has 1 aromatic carbocycles. The predicted octanol–water partition coefficient (Wildman–Crippen LogP) is 2.64. The molecular formula is C11H14N2. The van der Waals surface area contributed by atoms with Crippen molar-refractivity contribution in [2.45, 2.75) is 19.3 Å². The standard InChI is InChI=1S/C11H14N2/c1-11(2,10(12)13-3)9-7-5-4-6-8-9/h4-8,12H,3H2,1-2H3. The van der Waals surface area contributed by atoms with Crippen molar-refractivity contribution in [2.24, 2.45) is 4.99 Å². The van der Waals surface area contributed by atoms with E-state index in [4.69, 9.17) is 5.41 Å². The van der Waals surface area contributed by atoms with Gasteiger partial charge in [-0.3, -0.25) is 5.41 Å². The highest BCUT2D eigenvalue weighted by atomic mass is 14.8. The van der Waals surface area contributed by atoms with Crippen molar-refractivity contribution in [2.75, 3.05) is 0 Å². The maximum absolute atomic E-state index is 7.65. The molecular weight excluding hydrogens is 160 g/mol. The van der Waals surface area contributed by atoms with E-state index in [1.165, 1.54) is 0 Å². The Balaban J connectivity index is 3.07. The van der Waals surface area contributed by atoms with Crippen LogP contribution in [0.4, 0.5) is 0 Å². The molecule has 2 nitrogen and oxygen atoms in total. The Morgan fingerprint density at radius 3 is 2.31 bits per heavy atom. The molecule has 0 aliphatic carbocycles. The number of hydrogen-bond acceptors (Lipinski definition) is 1. The number of nitrogens with zero attached hydrogens (tertiary/aromatic N) is 1. The van der Waals surface area contributed by atoms with Crippen LogP contribution in [0, 0.1) is 5.41 Å². The monoisotopic (exact) mass is 174 g/mol. The van der Waals surface area contributed by atoms with E-state index in [-0.39, 0.29) is 5.41 Å². The zero-order valence-electron chi connectivity index (χ0n) is 8.04. The predicted molar refractivity (Wildman–Crippen MR) is 56.7 cm³/mol. The molecule has 0 radical (unpaired) electrons. The molecule has 2 heteroatoms. The van der Waals surface area contributed by atoms with Gasteiger partial charge in [-0.05, 0) is 26.1 Å². The van der Waals surface area contributed by atoms with Crippen molar-refractivity contribution in [1.82, 2.24) is 0 Å². The molecule has 0 amide bonds. The van der Waals surface area contributed by atoms with Gasteiger partial charge in [0.25, 0.3) is 0 Å². The zero-order valence-corrected chi connectivity index (χ0v) is 8.04. The summed E-state index contributed by atoms with van der Waals surface area (Å²) in [4.78, 5) is 3.67. The highest BCUT2D eigenvalue weighted by Gasteiger charge is 2.24. The van der Waals surface area contributed by atoms with Crippen LogP contribution in [0.1, 0.15) is 19.4 Å². The van der Waals surface area contributed by atoms with E-state index in [9.17, 15) is 0 Å². The van der Waals surface area contributed by atoms with E-state index in [2.05, 4.69) is 11.7 Å². The van der Waals surface area contributed by atoms with Gasteiger partial charge in [-0.15, -0.1) is 0 Å². The van der Waals surface area contributed by atoms with Crippen LogP contribution in [0.3, 0.4) is 0 Å². The Morgan fingerprint density at radius 1 is 1.31 bits per heavy atom. The van der Waals surface area contributed by atoms with Crippen LogP contribution >= 0.6 is 0 Å². The van der Waals surface area contributed by atoms with Crippen molar-refractivity contribution in [3.63, 3.8) is 0 Å². The number of rotatable bonds is 2. The molecule has 1 N–H and O–H groups in total. The minimum Gasteiger partial charge on any atom is -0.286 e. The lowest BCUT2D eigenvalue weighted by atomic mass is 9.83. The van der Waals surface area contributed by atoms with Gasteiger partial charge in [0, 0.05) is 5.41 Å². The van der Waals surface area contributed by atoms with Crippen LogP contribution in [0.25, 0.3) is 0 Å². The molecule has 0 heterocycles. The summed E-state index contributed by atoms with van der Waals surface area (Å²) < 4.78 is 0. The van der Waals surface area contributed by atoms with Crippen molar-refractivity contribution >= 4 is 12.6 Å². The Morgan fingerprint density at radius 2 is 1.85 bits per heavy atom. The smallest absolute Gasteiger partial charge is 0.129 e. The van der Waals surface area contributed by atoms with Crippen LogP contribution in [0.15, 0.2) is 35.3 Å². The average molecular weight is 174 g/mol. The van der Waals surface area contributed by atoms with Gasteiger partial charge in [0.15, 0.2) is 0 Å². The summed E-state index contributed by atoms with van der Waals surface area (Å²) in [5, 5.41) is 7.65. The Kier molecular flexibility index (Phi) is 2.61. The molecule has 68 valence electrons. The van der Waals surface area contributed by atoms with Gasteiger partial charge in [0.1, 0.15) is 5.84 Å². The minimum absolute atomic E-state index is 0.304.